The summed E-state index contributed by atoms with van der Waals surface area (Å²) in [5, 5.41) is 8.21. The van der Waals surface area contributed by atoms with E-state index in [0.29, 0.717) is 6.04 Å². The first-order valence-corrected chi connectivity index (χ1v) is 7.15. The summed E-state index contributed by atoms with van der Waals surface area (Å²) in [5.41, 5.74) is 8.05. The Balaban J connectivity index is 1.82. The highest BCUT2D eigenvalue weighted by Gasteiger charge is 2.20. The molecule has 0 amide bonds. The largest absolute Gasteiger partial charge is 0.326 e. The van der Waals surface area contributed by atoms with E-state index in [0.717, 1.165) is 41.9 Å². The van der Waals surface area contributed by atoms with Crippen molar-refractivity contribution in [1.82, 2.24) is 19.9 Å². The number of nitrogens with zero attached hydrogens (tertiary/aromatic N) is 4. The van der Waals surface area contributed by atoms with Gasteiger partial charge in [-0.25, -0.2) is 4.68 Å². The van der Waals surface area contributed by atoms with Crippen molar-refractivity contribution in [2.75, 3.05) is 13.1 Å². The third-order valence-electron chi connectivity index (χ3n) is 3.37. The van der Waals surface area contributed by atoms with Crippen molar-refractivity contribution in [2.24, 2.45) is 5.73 Å². The predicted octanol–water partition coefficient (Wildman–Crippen LogP) is 1.56. The van der Waals surface area contributed by atoms with Gasteiger partial charge in [0, 0.05) is 30.1 Å². The van der Waals surface area contributed by atoms with Crippen LogP contribution in [0.5, 0.6) is 0 Å². The number of likely N-dealkylation sites (tertiary alicyclic amines) is 1. The van der Waals surface area contributed by atoms with Crippen LogP contribution in [0.4, 0.5) is 0 Å². The minimum Gasteiger partial charge on any atom is -0.326 e. The normalized spacial score (nSPS) is 20.0. The van der Waals surface area contributed by atoms with E-state index in [1.54, 1.807) is 0 Å². The van der Waals surface area contributed by atoms with Gasteiger partial charge in [0.05, 0.1) is 17.6 Å². The minimum atomic E-state index is 0.301. The molecule has 1 atom stereocenters. The van der Waals surface area contributed by atoms with Gasteiger partial charge in [0.2, 0.25) is 0 Å². The van der Waals surface area contributed by atoms with Gasteiger partial charge >= 0.3 is 0 Å². The Kier molecular flexibility index (Phi) is 3.63. The van der Waals surface area contributed by atoms with Crippen LogP contribution in [-0.4, -0.2) is 39.0 Å². The molecule has 2 aromatic rings. The molecule has 0 aliphatic carbocycles. The van der Waals surface area contributed by atoms with Crippen LogP contribution in [0.3, 0.4) is 0 Å². The second-order valence-electron chi connectivity index (χ2n) is 4.90. The van der Waals surface area contributed by atoms with Crippen LogP contribution in [-0.2, 0) is 6.54 Å². The smallest absolute Gasteiger partial charge is 0.0786 e. The SMILES string of the molecule is NC1CCN(Cc2cnnn2-c2cccc(Br)c2)C1. The molecule has 100 valence electrons. The first kappa shape index (κ1) is 12.8. The molecule has 19 heavy (non-hydrogen) atoms. The van der Waals surface area contributed by atoms with E-state index in [4.69, 9.17) is 5.73 Å². The molecular weight excluding hydrogens is 306 g/mol. The summed E-state index contributed by atoms with van der Waals surface area (Å²) in [6, 6.07) is 8.36. The van der Waals surface area contributed by atoms with Crippen LogP contribution in [0.2, 0.25) is 0 Å². The van der Waals surface area contributed by atoms with E-state index in [1.165, 1.54) is 0 Å². The molecule has 3 rings (SSSR count). The van der Waals surface area contributed by atoms with Crippen molar-refractivity contribution in [3.63, 3.8) is 0 Å². The summed E-state index contributed by atoms with van der Waals surface area (Å²) in [5.74, 6) is 0. The number of hydrogen-bond acceptors (Lipinski definition) is 4. The lowest BCUT2D eigenvalue weighted by atomic mass is 10.3. The minimum absolute atomic E-state index is 0.301. The number of benzene rings is 1. The quantitative estimate of drug-likeness (QED) is 0.932. The van der Waals surface area contributed by atoms with E-state index < -0.39 is 0 Å². The molecule has 6 heteroatoms. The van der Waals surface area contributed by atoms with Gasteiger partial charge in [-0.2, -0.15) is 0 Å². The summed E-state index contributed by atoms with van der Waals surface area (Å²) >= 11 is 3.48. The Bertz CT molecular complexity index is 568. The standard InChI is InChI=1S/C13H16BrN5/c14-10-2-1-3-12(6-10)19-13(7-16-17-19)9-18-5-4-11(15)8-18/h1-3,6-7,11H,4-5,8-9,15H2. The molecule has 1 unspecified atom stereocenters. The lowest BCUT2D eigenvalue weighted by molar-refractivity contribution is 0.319. The van der Waals surface area contributed by atoms with Crippen LogP contribution in [0.25, 0.3) is 5.69 Å². The van der Waals surface area contributed by atoms with E-state index >= 15 is 0 Å². The number of aromatic nitrogens is 3. The molecule has 0 radical (unpaired) electrons. The zero-order chi connectivity index (χ0) is 13.2. The highest BCUT2D eigenvalue weighted by molar-refractivity contribution is 9.10. The maximum absolute atomic E-state index is 5.94. The van der Waals surface area contributed by atoms with Crippen molar-refractivity contribution in [2.45, 2.75) is 19.0 Å². The van der Waals surface area contributed by atoms with Crippen molar-refractivity contribution in [3.8, 4) is 5.69 Å². The van der Waals surface area contributed by atoms with Crippen molar-refractivity contribution < 1.29 is 0 Å². The molecule has 1 aliphatic rings. The van der Waals surface area contributed by atoms with Crippen LogP contribution in [0.1, 0.15) is 12.1 Å². The van der Waals surface area contributed by atoms with Crippen LogP contribution in [0.15, 0.2) is 34.9 Å². The topological polar surface area (TPSA) is 60.0 Å². The fourth-order valence-corrected chi connectivity index (χ4v) is 2.81. The summed E-state index contributed by atoms with van der Waals surface area (Å²) in [6.07, 6.45) is 2.89. The van der Waals surface area contributed by atoms with Gasteiger partial charge in [-0.05, 0) is 24.6 Å². The lowest BCUT2D eigenvalue weighted by Gasteiger charge is -2.15. The summed E-state index contributed by atoms with van der Waals surface area (Å²) in [6.45, 7) is 2.84. The van der Waals surface area contributed by atoms with Gasteiger partial charge in [0.1, 0.15) is 0 Å². The first-order chi connectivity index (χ1) is 9.22. The average Bonchev–Trinajstić information content (AvgIpc) is 2.99. The summed E-state index contributed by atoms with van der Waals surface area (Å²) in [7, 11) is 0. The van der Waals surface area contributed by atoms with Crippen molar-refractivity contribution in [1.29, 1.82) is 0 Å². The zero-order valence-electron chi connectivity index (χ0n) is 10.5. The second kappa shape index (κ2) is 5.40. The predicted molar refractivity (Wildman–Crippen MR) is 76.9 cm³/mol. The Hall–Kier alpha value is -1.24. The third kappa shape index (κ3) is 2.86. The number of halogens is 1. The Morgan fingerprint density at radius 3 is 3.05 bits per heavy atom. The molecule has 1 aromatic heterocycles. The van der Waals surface area contributed by atoms with Crippen LogP contribution in [0, 0.1) is 0 Å². The fourth-order valence-electron chi connectivity index (χ4n) is 2.42. The molecule has 0 saturated carbocycles. The third-order valence-corrected chi connectivity index (χ3v) is 3.86. The highest BCUT2D eigenvalue weighted by atomic mass is 79.9. The van der Waals surface area contributed by atoms with E-state index in [1.807, 2.05) is 35.1 Å². The number of rotatable bonds is 3. The highest BCUT2D eigenvalue weighted by Crippen LogP contribution is 2.18. The maximum Gasteiger partial charge on any atom is 0.0786 e. The van der Waals surface area contributed by atoms with E-state index in [-0.39, 0.29) is 0 Å². The number of hydrogen-bond donors (Lipinski definition) is 1. The monoisotopic (exact) mass is 321 g/mol. The molecule has 2 N–H and O–H groups in total. The molecule has 1 aliphatic heterocycles. The summed E-state index contributed by atoms with van der Waals surface area (Å²) in [4.78, 5) is 2.35. The van der Waals surface area contributed by atoms with Crippen LogP contribution < -0.4 is 5.73 Å². The number of nitrogens with two attached hydrogens (primary N) is 1. The fraction of sp³-hybridized carbons (Fsp3) is 0.385. The molecule has 5 nitrogen and oxygen atoms in total. The average molecular weight is 322 g/mol. The Morgan fingerprint density at radius 1 is 1.42 bits per heavy atom. The van der Waals surface area contributed by atoms with Crippen molar-refractivity contribution in [3.05, 3.63) is 40.6 Å². The first-order valence-electron chi connectivity index (χ1n) is 6.36. The van der Waals surface area contributed by atoms with Crippen LogP contribution >= 0.6 is 15.9 Å². The molecule has 1 saturated heterocycles. The van der Waals surface area contributed by atoms with Gasteiger partial charge in [-0.3, -0.25) is 4.90 Å². The summed E-state index contributed by atoms with van der Waals surface area (Å²) < 4.78 is 2.92. The van der Waals surface area contributed by atoms with E-state index in [2.05, 4.69) is 31.1 Å². The maximum atomic E-state index is 5.94. The Labute approximate surface area is 120 Å². The Morgan fingerprint density at radius 2 is 2.32 bits per heavy atom. The lowest BCUT2D eigenvalue weighted by Crippen LogP contribution is -2.27. The van der Waals surface area contributed by atoms with Gasteiger partial charge in [-0.1, -0.05) is 27.2 Å². The van der Waals surface area contributed by atoms with Gasteiger partial charge < -0.3 is 5.73 Å². The van der Waals surface area contributed by atoms with Gasteiger partial charge in [0.25, 0.3) is 0 Å². The second-order valence-corrected chi connectivity index (χ2v) is 5.82. The molecule has 0 spiro atoms. The molecule has 1 aromatic carbocycles. The van der Waals surface area contributed by atoms with Gasteiger partial charge in [0.15, 0.2) is 0 Å². The van der Waals surface area contributed by atoms with Gasteiger partial charge in [-0.15, -0.1) is 5.10 Å². The molecule has 2 heterocycles. The molecular formula is C13H16BrN5. The van der Waals surface area contributed by atoms with Crippen molar-refractivity contribution >= 4 is 15.9 Å². The zero-order valence-corrected chi connectivity index (χ0v) is 12.1. The molecule has 0 bridgehead atoms. The van der Waals surface area contributed by atoms with E-state index in [9.17, 15) is 0 Å². The molecule has 1 fully saturated rings.